The van der Waals surface area contributed by atoms with Crippen LogP contribution in [0.5, 0.6) is 0 Å². The summed E-state index contributed by atoms with van der Waals surface area (Å²) in [7, 11) is 0. The molecule has 0 spiro atoms. The summed E-state index contributed by atoms with van der Waals surface area (Å²) in [5.74, 6) is 0. The second-order valence-corrected chi connectivity index (χ2v) is 1.09. The zero-order valence-corrected chi connectivity index (χ0v) is 3.43. The van der Waals surface area contributed by atoms with Crippen LogP contribution in [0.2, 0.25) is 0 Å². The van der Waals surface area contributed by atoms with Crippen LogP contribution in [0, 0.1) is 13.2 Å². The van der Waals surface area contributed by atoms with E-state index in [1.807, 2.05) is 6.92 Å². The summed E-state index contributed by atoms with van der Waals surface area (Å²) >= 11 is 0. The van der Waals surface area contributed by atoms with Crippen LogP contribution in [-0.4, -0.2) is 5.16 Å². The molecule has 0 aliphatic heterocycles. The molecular weight excluding hydrogens is 78.0 g/mol. The van der Waals surface area contributed by atoms with E-state index in [2.05, 4.69) is 15.9 Å². The molecule has 1 aromatic heterocycles. The fourth-order valence-corrected chi connectivity index (χ4v) is 0.236. The fourth-order valence-electron chi connectivity index (χ4n) is 0.236. The van der Waals surface area contributed by atoms with Crippen LogP contribution in [-0.2, 0) is 0 Å². The Kier molecular flexibility index (Phi) is 0.638. The first-order valence-electron chi connectivity index (χ1n) is 1.69. The minimum atomic E-state index is 0.870. The molecule has 0 aliphatic carbocycles. The van der Waals surface area contributed by atoms with Crippen molar-refractivity contribution >= 4 is 0 Å². The van der Waals surface area contributed by atoms with Crippen molar-refractivity contribution in [3.05, 3.63) is 18.0 Å². The topological polar surface area (TPSA) is 26.0 Å². The molecule has 0 bridgehead atoms. The maximum atomic E-state index is 4.34. The number of hydrogen-bond acceptors (Lipinski definition) is 2. The van der Waals surface area contributed by atoms with E-state index in [-0.39, 0.29) is 0 Å². The van der Waals surface area contributed by atoms with Crippen molar-refractivity contribution in [3.63, 3.8) is 0 Å². The van der Waals surface area contributed by atoms with Crippen molar-refractivity contribution in [3.8, 4) is 0 Å². The molecule has 0 amide bonds. The van der Waals surface area contributed by atoms with E-state index < -0.39 is 0 Å². The Balaban J connectivity index is 3.05. The highest BCUT2D eigenvalue weighted by atomic mass is 16.5. The van der Waals surface area contributed by atoms with E-state index in [9.17, 15) is 0 Å². The Bertz CT molecular complexity index is 111. The quantitative estimate of drug-likeness (QED) is 0.462. The average molecular weight is 82.1 g/mol. The summed E-state index contributed by atoms with van der Waals surface area (Å²) in [6, 6.07) is 1.68. The summed E-state index contributed by atoms with van der Waals surface area (Å²) in [4.78, 5) is 0. The van der Waals surface area contributed by atoms with E-state index in [0.29, 0.717) is 0 Å². The smallest absolute Gasteiger partial charge is 0.205 e. The van der Waals surface area contributed by atoms with Crippen LogP contribution in [0.4, 0.5) is 0 Å². The monoisotopic (exact) mass is 82.0 g/mol. The van der Waals surface area contributed by atoms with E-state index in [1.54, 1.807) is 6.07 Å². The summed E-state index contributed by atoms with van der Waals surface area (Å²) in [5, 5.41) is 3.49. The van der Waals surface area contributed by atoms with Gasteiger partial charge in [-0.05, 0) is 6.92 Å². The molecule has 1 radical (unpaired) electrons. The minimum absolute atomic E-state index is 0.870. The lowest BCUT2D eigenvalue weighted by molar-refractivity contribution is 0.408. The van der Waals surface area contributed by atoms with E-state index in [1.165, 1.54) is 0 Å². The van der Waals surface area contributed by atoms with Gasteiger partial charge >= 0.3 is 0 Å². The summed E-state index contributed by atoms with van der Waals surface area (Å²) in [5.41, 5.74) is 0.870. The highest BCUT2D eigenvalue weighted by Gasteiger charge is 1.79. The SMILES string of the molecule is Cc1c[c]on1. The maximum absolute atomic E-state index is 4.34. The predicted octanol–water partition coefficient (Wildman–Crippen LogP) is 0.783. The molecule has 0 N–H and O–H groups in total. The first kappa shape index (κ1) is 3.40. The van der Waals surface area contributed by atoms with Crippen LogP contribution in [0.3, 0.4) is 0 Å². The molecule has 2 heteroatoms. The Morgan fingerprint density at radius 3 is 3.00 bits per heavy atom. The van der Waals surface area contributed by atoms with Crippen LogP contribution >= 0.6 is 0 Å². The third kappa shape index (κ3) is 0.407. The highest BCUT2D eigenvalue weighted by molar-refractivity contribution is 4.87. The fraction of sp³-hybridized carbons (Fsp3) is 0.250. The van der Waals surface area contributed by atoms with Crippen LogP contribution < -0.4 is 0 Å². The van der Waals surface area contributed by atoms with Crippen molar-refractivity contribution in [2.24, 2.45) is 0 Å². The van der Waals surface area contributed by atoms with Gasteiger partial charge in [0, 0.05) is 6.07 Å². The van der Waals surface area contributed by atoms with Gasteiger partial charge in [-0.2, -0.15) is 0 Å². The molecule has 0 atom stereocenters. The lowest BCUT2D eigenvalue weighted by Gasteiger charge is -1.62. The van der Waals surface area contributed by atoms with Crippen molar-refractivity contribution in [1.82, 2.24) is 5.16 Å². The molecule has 0 saturated carbocycles. The predicted molar refractivity (Wildman–Crippen MR) is 20.1 cm³/mol. The first-order chi connectivity index (χ1) is 2.89. The minimum Gasteiger partial charge on any atom is -0.353 e. The van der Waals surface area contributed by atoms with E-state index in [4.69, 9.17) is 0 Å². The van der Waals surface area contributed by atoms with Gasteiger partial charge in [-0.1, -0.05) is 5.16 Å². The number of hydrogen-bond donors (Lipinski definition) is 0. The first-order valence-corrected chi connectivity index (χ1v) is 1.69. The Labute approximate surface area is 35.8 Å². The van der Waals surface area contributed by atoms with Gasteiger partial charge in [0.25, 0.3) is 0 Å². The van der Waals surface area contributed by atoms with Gasteiger partial charge in [-0.25, -0.2) is 0 Å². The van der Waals surface area contributed by atoms with Crippen LogP contribution in [0.15, 0.2) is 10.6 Å². The molecular formula is C4H4NO. The van der Waals surface area contributed by atoms with Crippen molar-refractivity contribution in [1.29, 1.82) is 0 Å². The third-order valence-corrected chi connectivity index (χ3v) is 0.510. The van der Waals surface area contributed by atoms with E-state index in [0.717, 1.165) is 5.69 Å². The highest BCUT2D eigenvalue weighted by Crippen LogP contribution is 1.85. The Hall–Kier alpha value is -0.790. The molecule has 31 valence electrons. The van der Waals surface area contributed by atoms with Gasteiger partial charge in [0.1, 0.15) is 0 Å². The summed E-state index contributed by atoms with van der Waals surface area (Å²) < 4.78 is 4.34. The standard InChI is InChI=1S/C4H4NO/c1-4-2-3-6-5-4/h2H,1H3. The number of aromatic nitrogens is 1. The number of nitrogens with zero attached hydrogens (tertiary/aromatic N) is 1. The van der Waals surface area contributed by atoms with Crippen molar-refractivity contribution in [2.45, 2.75) is 6.92 Å². The summed E-state index contributed by atoms with van der Waals surface area (Å²) in [6.07, 6.45) is 2.44. The molecule has 0 aliphatic rings. The number of rotatable bonds is 0. The Morgan fingerprint density at radius 2 is 2.83 bits per heavy atom. The second kappa shape index (κ2) is 1.12. The molecule has 0 unspecified atom stereocenters. The molecule has 0 saturated heterocycles. The molecule has 1 heterocycles. The van der Waals surface area contributed by atoms with Gasteiger partial charge in [0.2, 0.25) is 6.26 Å². The molecule has 0 fully saturated rings. The zero-order valence-electron chi connectivity index (χ0n) is 3.43. The van der Waals surface area contributed by atoms with Crippen molar-refractivity contribution < 1.29 is 4.52 Å². The van der Waals surface area contributed by atoms with Gasteiger partial charge in [0.15, 0.2) is 0 Å². The molecule has 1 aromatic rings. The van der Waals surface area contributed by atoms with Gasteiger partial charge in [-0.3, -0.25) is 0 Å². The molecule has 0 aromatic carbocycles. The van der Waals surface area contributed by atoms with E-state index >= 15 is 0 Å². The zero-order chi connectivity index (χ0) is 4.41. The van der Waals surface area contributed by atoms with Gasteiger partial charge < -0.3 is 4.52 Å². The van der Waals surface area contributed by atoms with Gasteiger partial charge in [0.05, 0.1) is 5.69 Å². The normalized spacial score (nSPS) is 8.83. The maximum Gasteiger partial charge on any atom is 0.205 e. The van der Waals surface area contributed by atoms with Gasteiger partial charge in [-0.15, -0.1) is 0 Å². The lowest BCUT2D eigenvalue weighted by Crippen LogP contribution is -1.59. The third-order valence-electron chi connectivity index (χ3n) is 0.510. The molecule has 2 nitrogen and oxygen atoms in total. The second-order valence-electron chi connectivity index (χ2n) is 1.09. The average Bonchev–Trinajstić information content (AvgIpc) is 1.86. The largest absolute Gasteiger partial charge is 0.353 e. The number of aryl methyl sites for hydroxylation is 1. The Morgan fingerprint density at radius 1 is 2.00 bits per heavy atom. The molecule has 6 heavy (non-hydrogen) atoms. The van der Waals surface area contributed by atoms with Crippen LogP contribution in [0.1, 0.15) is 5.69 Å². The summed E-state index contributed by atoms with van der Waals surface area (Å²) in [6.45, 7) is 1.85. The van der Waals surface area contributed by atoms with Crippen LogP contribution in [0.25, 0.3) is 0 Å². The van der Waals surface area contributed by atoms with Crippen molar-refractivity contribution in [2.75, 3.05) is 0 Å². The molecule has 1 rings (SSSR count). The lowest BCUT2D eigenvalue weighted by atomic mass is 10.5.